The molecule has 0 radical (unpaired) electrons. The van der Waals surface area contributed by atoms with Crippen molar-refractivity contribution in [2.24, 2.45) is 0 Å². The van der Waals surface area contributed by atoms with E-state index in [1.165, 1.54) is 5.56 Å². The molecule has 2 aromatic rings. The Morgan fingerprint density at radius 1 is 1.25 bits per heavy atom. The minimum absolute atomic E-state index is 0.0651. The fourth-order valence-corrected chi connectivity index (χ4v) is 2.55. The van der Waals surface area contributed by atoms with E-state index in [1.807, 2.05) is 18.2 Å². The number of rotatable bonds is 2. The lowest BCUT2D eigenvalue weighted by atomic mass is 10.1. The fraction of sp³-hybridized carbons (Fsp3) is 0.286. The molecule has 0 atom stereocenters. The van der Waals surface area contributed by atoms with Crippen molar-refractivity contribution in [3.8, 4) is 0 Å². The van der Waals surface area contributed by atoms with Gasteiger partial charge in [0.1, 0.15) is 0 Å². The van der Waals surface area contributed by atoms with Crippen LogP contribution in [0.15, 0.2) is 35.1 Å². The zero-order chi connectivity index (χ0) is 14.1. The Bertz CT molecular complexity index is 680. The summed E-state index contributed by atoms with van der Waals surface area (Å²) in [5.74, 6) is 5.63. The topological polar surface area (TPSA) is 90.2 Å². The lowest BCUT2D eigenvalue weighted by Crippen LogP contribution is -2.40. The summed E-state index contributed by atoms with van der Waals surface area (Å²) in [6, 6.07) is 10.2. The van der Waals surface area contributed by atoms with Crippen molar-refractivity contribution in [3.05, 3.63) is 57.5 Å². The lowest BCUT2D eigenvalue weighted by molar-refractivity contribution is 0.240. The summed E-state index contributed by atoms with van der Waals surface area (Å²) in [7, 11) is 0. The van der Waals surface area contributed by atoms with Gasteiger partial charge in [-0.2, -0.15) is 4.68 Å². The quantitative estimate of drug-likeness (QED) is 0.756. The molecule has 0 aliphatic carbocycles. The molecule has 4 N–H and O–H groups in total. The Hall–Kier alpha value is -2.34. The molecule has 6 nitrogen and oxygen atoms in total. The van der Waals surface area contributed by atoms with Crippen molar-refractivity contribution in [2.75, 3.05) is 18.1 Å². The molecule has 20 heavy (non-hydrogen) atoms. The maximum absolute atomic E-state index is 12.0. The van der Waals surface area contributed by atoms with Crippen LogP contribution >= 0.6 is 0 Å². The summed E-state index contributed by atoms with van der Waals surface area (Å²) in [5.41, 5.74) is 8.10. The molecule has 0 unspecified atom stereocenters. The van der Waals surface area contributed by atoms with Crippen LogP contribution in [0.3, 0.4) is 0 Å². The number of fused-ring (bicyclic) bond motifs is 1. The zero-order valence-electron chi connectivity index (χ0n) is 11.1. The van der Waals surface area contributed by atoms with Gasteiger partial charge < -0.3 is 11.6 Å². The van der Waals surface area contributed by atoms with Crippen LogP contribution in [-0.2, 0) is 19.5 Å². The van der Waals surface area contributed by atoms with Crippen molar-refractivity contribution >= 4 is 5.95 Å². The predicted molar refractivity (Wildman–Crippen MR) is 77.3 cm³/mol. The van der Waals surface area contributed by atoms with Gasteiger partial charge in [0.25, 0.3) is 5.56 Å². The van der Waals surface area contributed by atoms with Crippen LogP contribution in [0.25, 0.3) is 0 Å². The minimum atomic E-state index is -0.230. The van der Waals surface area contributed by atoms with Crippen molar-refractivity contribution in [1.29, 1.82) is 0 Å². The highest BCUT2D eigenvalue weighted by molar-refractivity contribution is 5.29. The third kappa shape index (κ3) is 2.25. The van der Waals surface area contributed by atoms with Crippen LogP contribution in [0.1, 0.15) is 16.8 Å². The molecule has 0 amide bonds. The van der Waals surface area contributed by atoms with Gasteiger partial charge in [0.05, 0.1) is 5.69 Å². The first-order valence-corrected chi connectivity index (χ1v) is 6.57. The number of hydrogen-bond donors (Lipinski definition) is 2. The Morgan fingerprint density at radius 3 is 2.75 bits per heavy atom. The molecule has 1 aliphatic heterocycles. The minimum Gasteiger partial charge on any atom is -0.368 e. The summed E-state index contributed by atoms with van der Waals surface area (Å²) in [4.78, 5) is 18.5. The summed E-state index contributed by atoms with van der Waals surface area (Å²) in [6.07, 6.45) is 0.658. The number of anilines is 1. The molecule has 0 spiro atoms. The molecule has 104 valence electrons. The molecule has 0 bridgehead atoms. The highest BCUT2D eigenvalue weighted by Gasteiger charge is 2.22. The molecular formula is C14H17N5O. The van der Waals surface area contributed by atoms with E-state index in [9.17, 15) is 4.79 Å². The van der Waals surface area contributed by atoms with E-state index in [1.54, 1.807) is 0 Å². The second-order valence-corrected chi connectivity index (χ2v) is 5.02. The van der Waals surface area contributed by atoms with Crippen molar-refractivity contribution in [3.63, 3.8) is 0 Å². The number of benzene rings is 1. The molecule has 1 aromatic heterocycles. The van der Waals surface area contributed by atoms with Gasteiger partial charge in [0, 0.05) is 25.2 Å². The SMILES string of the molecule is Nc1nc2c(c(=O)n1N)CCN(Cc1ccccc1)C2. The first-order valence-electron chi connectivity index (χ1n) is 6.57. The van der Waals surface area contributed by atoms with Crippen molar-refractivity contribution < 1.29 is 0 Å². The normalized spacial score (nSPS) is 15.0. The van der Waals surface area contributed by atoms with Crippen LogP contribution < -0.4 is 17.1 Å². The average Bonchev–Trinajstić information content (AvgIpc) is 2.46. The molecule has 0 saturated heterocycles. The first kappa shape index (κ1) is 12.7. The van der Waals surface area contributed by atoms with Gasteiger partial charge in [-0.3, -0.25) is 9.69 Å². The van der Waals surface area contributed by atoms with Gasteiger partial charge in [-0.15, -0.1) is 0 Å². The third-order valence-corrected chi connectivity index (χ3v) is 3.62. The van der Waals surface area contributed by atoms with E-state index in [2.05, 4.69) is 22.0 Å². The maximum Gasteiger partial charge on any atom is 0.276 e. The lowest BCUT2D eigenvalue weighted by Gasteiger charge is -2.28. The van der Waals surface area contributed by atoms with E-state index in [-0.39, 0.29) is 11.5 Å². The monoisotopic (exact) mass is 271 g/mol. The van der Waals surface area contributed by atoms with Gasteiger partial charge in [-0.25, -0.2) is 4.98 Å². The highest BCUT2D eigenvalue weighted by atomic mass is 16.1. The summed E-state index contributed by atoms with van der Waals surface area (Å²) >= 11 is 0. The van der Waals surface area contributed by atoms with Crippen molar-refractivity contribution in [1.82, 2.24) is 14.6 Å². The second-order valence-electron chi connectivity index (χ2n) is 5.02. The van der Waals surface area contributed by atoms with Gasteiger partial charge in [-0.05, 0) is 12.0 Å². The fourth-order valence-electron chi connectivity index (χ4n) is 2.55. The standard InChI is InChI=1S/C14H17N5O/c15-14-17-12-9-18(8-10-4-2-1-3-5-10)7-6-11(12)13(20)19(14)16/h1-5H,6-9,16H2,(H2,15,17). The van der Waals surface area contributed by atoms with Crippen LogP contribution in [-0.4, -0.2) is 21.1 Å². The summed E-state index contributed by atoms with van der Waals surface area (Å²) in [6.45, 7) is 2.29. The Labute approximate surface area is 116 Å². The van der Waals surface area contributed by atoms with E-state index < -0.39 is 0 Å². The molecule has 6 heteroatoms. The van der Waals surface area contributed by atoms with E-state index in [4.69, 9.17) is 11.6 Å². The van der Waals surface area contributed by atoms with E-state index in [0.29, 0.717) is 18.5 Å². The van der Waals surface area contributed by atoms with Crippen LogP contribution in [0, 0.1) is 0 Å². The first-order chi connectivity index (χ1) is 9.65. The summed E-state index contributed by atoms with van der Waals surface area (Å²) < 4.78 is 0.922. The molecule has 0 fully saturated rings. The highest BCUT2D eigenvalue weighted by Crippen LogP contribution is 2.17. The Kier molecular flexibility index (Phi) is 3.15. The number of nitrogen functional groups attached to an aromatic ring is 2. The number of nitrogens with two attached hydrogens (primary N) is 2. The molecular weight excluding hydrogens is 254 g/mol. The predicted octanol–water partition coefficient (Wildman–Crippen LogP) is 0.0976. The molecule has 1 aliphatic rings. The van der Waals surface area contributed by atoms with Crippen LogP contribution in [0.4, 0.5) is 5.95 Å². The van der Waals surface area contributed by atoms with Gasteiger partial charge in [0.15, 0.2) is 0 Å². The van der Waals surface area contributed by atoms with Gasteiger partial charge in [0.2, 0.25) is 5.95 Å². The number of aromatic nitrogens is 2. The van der Waals surface area contributed by atoms with Gasteiger partial charge >= 0.3 is 0 Å². The largest absolute Gasteiger partial charge is 0.368 e. The van der Waals surface area contributed by atoms with Crippen LogP contribution in [0.2, 0.25) is 0 Å². The summed E-state index contributed by atoms with van der Waals surface area (Å²) in [5, 5.41) is 0. The smallest absolute Gasteiger partial charge is 0.276 e. The van der Waals surface area contributed by atoms with Crippen LogP contribution in [0.5, 0.6) is 0 Å². The van der Waals surface area contributed by atoms with Crippen molar-refractivity contribution in [2.45, 2.75) is 19.5 Å². The van der Waals surface area contributed by atoms with E-state index >= 15 is 0 Å². The molecule has 3 rings (SSSR count). The molecule has 2 heterocycles. The second kappa shape index (κ2) is 4.97. The zero-order valence-corrected chi connectivity index (χ0v) is 11.1. The Balaban J connectivity index is 1.84. The molecule has 0 saturated carbocycles. The van der Waals surface area contributed by atoms with E-state index in [0.717, 1.165) is 23.5 Å². The maximum atomic E-state index is 12.0. The Morgan fingerprint density at radius 2 is 2.00 bits per heavy atom. The van der Waals surface area contributed by atoms with Gasteiger partial charge in [-0.1, -0.05) is 30.3 Å². The number of hydrogen-bond acceptors (Lipinski definition) is 5. The molecule has 1 aromatic carbocycles. The average molecular weight is 271 g/mol. The number of nitrogens with zero attached hydrogens (tertiary/aromatic N) is 3. The third-order valence-electron chi connectivity index (χ3n) is 3.62.